The van der Waals surface area contributed by atoms with E-state index in [9.17, 15) is 4.79 Å². The number of carbonyl (C=O) groups excluding carboxylic acids is 1. The molecule has 0 fully saturated rings. The predicted octanol–water partition coefficient (Wildman–Crippen LogP) is 3.70. The standard InChI is InChI=1S/C21H25N3O3/c1-13-10-22-19(15(3)20(13)26-5)11-23-21(25)18-9-14(2)24(16(18)4)12-17-7-6-8-27-17/h6-10H,11-12H2,1-5H3,(H,23,25). The first-order valence-corrected chi connectivity index (χ1v) is 8.88. The third-order valence-corrected chi connectivity index (χ3v) is 4.88. The van der Waals surface area contributed by atoms with E-state index in [1.807, 2.05) is 45.9 Å². The summed E-state index contributed by atoms with van der Waals surface area (Å²) < 4.78 is 12.9. The number of aryl methyl sites for hydroxylation is 2. The maximum atomic E-state index is 12.7. The molecule has 6 nitrogen and oxygen atoms in total. The zero-order chi connectivity index (χ0) is 19.6. The monoisotopic (exact) mass is 367 g/mol. The van der Waals surface area contributed by atoms with Gasteiger partial charge in [0.25, 0.3) is 5.91 Å². The summed E-state index contributed by atoms with van der Waals surface area (Å²) in [6.07, 6.45) is 3.42. The number of methoxy groups -OCH3 is 1. The molecular formula is C21H25N3O3. The SMILES string of the molecule is COc1c(C)cnc(CNC(=O)c2cc(C)n(Cc3ccco3)c2C)c1C. The number of hydrogen-bond acceptors (Lipinski definition) is 4. The van der Waals surface area contributed by atoms with Crippen LogP contribution in [0.3, 0.4) is 0 Å². The van der Waals surface area contributed by atoms with Crippen molar-refractivity contribution in [2.45, 2.75) is 40.8 Å². The number of furan rings is 1. The van der Waals surface area contributed by atoms with Crippen LogP contribution < -0.4 is 10.1 Å². The first-order valence-electron chi connectivity index (χ1n) is 8.88. The number of pyridine rings is 1. The molecule has 0 spiro atoms. The van der Waals surface area contributed by atoms with Crippen LogP contribution in [0, 0.1) is 27.7 Å². The van der Waals surface area contributed by atoms with Gasteiger partial charge in [0.05, 0.1) is 37.7 Å². The van der Waals surface area contributed by atoms with Gasteiger partial charge in [0.15, 0.2) is 0 Å². The van der Waals surface area contributed by atoms with Crippen molar-refractivity contribution >= 4 is 5.91 Å². The highest BCUT2D eigenvalue weighted by Crippen LogP contribution is 2.24. The van der Waals surface area contributed by atoms with Crippen LogP contribution in [0.2, 0.25) is 0 Å². The average Bonchev–Trinajstić information content (AvgIpc) is 3.25. The fraction of sp³-hybridized carbons (Fsp3) is 0.333. The second kappa shape index (κ2) is 7.70. The molecule has 3 aromatic heterocycles. The molecule has 0 saturated heterocycles. The summed E-state index contributed by atoms with van der Waals surface area (Å²) in [5.74, 6) is 1.55. The van der Waals surface area contributed by atoms with E-state index in [4.69, 9.17) is 9.15 Å². The molecule has 142 valence electrons. The Labute approximate surface area is 159 Å². The van der Waals surface area contributed by atoms with Crippen molar-refractivity contribution < 1.29 is 13.9 Å². The second-order valence-corrected chi connectivity index (χ2v) is 6.68. The number of ether oxygens (including phenoxy) is 1. The van der Waals surface area contributed by atoms with E-state index in [0.717, 1.165) is 39.7 Å². The minimum absolute atomic E-state index is 0.116. The van der Waals surface area contributed by atoms with Gasteiger partial charge in [-0.2, -0.15) is 0 Å². The fourth-order valence-electron chi connectivity index (χ4n) is 3.34. The highest BCUT2D eigenvalue weighted by molar-refractivity contribution is 5.95. The Bertz CT molecular complexity index is 956. The van der Waals surface area contributed by atoms with Crippen LogP contribution in [-0.4, -0.2) is 22.6 Å². The Balaban J connectivity index is 1.76. The largest absolute Gasteiger partial charge is 0.496 e. The van der Waals surface area contributed by atoms with Crippen LogP contribution in [0.15, 0.2) is 35.1 Å². The van der Waals surface area contributed by atoms with E-state index >= 15 is 0 Å². The molecule has 0 unspecified atom stereocenters. The molecule has 0 aliphatic rings. The van der Waals surface area contributed by atoms with E-state index < -0.39 is 0 Å². The first kappa shape index (κ1) is 18.8. The van der Waals surface area contributed by atoms with Crippen molar-refractivity contribution in [2.24, 2.45) is 0 Å². The predicted molar refractivity (Wildman–Crippen MR) is 103 cm³/mol. The average molecular weight is 367 g/mol. The lowest BCUT2D eigenvalue weighted by molar-refractivity contribution is 0.0949. The molecule has 3 rings (SSSR count). The Kier molecular flexibility index (Phi) is 5.35. The molecule has 3 heterocycles. The molecule has 0 bridgehead atoms. The number of carbonyl (C=O) groups is 1. The van der Waals surface area contributed by atoms with E-state index in [1.54, 1.807) is 19.6 Å². The molecule has 1 N–H and O–H groups in total. The van der Waals surface area contributed by atoms with Gasteiger partial charge in [-0.3, -0.25) is 9.78 Å². The number of amides is 1. The third-order valence-electron chi connectivity index (χ3n) is 4.88. The Morgan fingerprint density at radius 2 is 2.07 bits per heavy atom. The number of nitrogens with zero attached hydrogens (tertiary/aromatic N) is 2. The minimum Gasteiger partial charge on any atom is -0.496 e. The lowest BCUT2D eigenvalue weighted by Crippen LogP contribution is -2.24. The molecule has 6 heteroatoms. The summed E-state index contributed by atoms with van der Waals surface area (Å²) >= 11 is 0. The molecule has 27 heavy (non-hydrogen) atoms. The van der Waals surface area contributed by atoms with E-state index in [1.165, 1.54) is 0 Å². The van der Waals surface area contributed by atoms with E-state index in [-0.39, 0.29) is 5.91 Å². The van der Waals surface area contributed by atoms with Gasteiger partial charge in [0.1, 0.15) is 11.5 Å². The number of rotatable bonds is 6. The van der Waals surface area contributed by atoms with Gasteiger partial charge in [-0.15, -0.1) is 0 Å². The van der Waals surface area contributed by atoms with Gasteiger partial charge in [-0.1, -0.05) is 0 Å². The molecule has 0 aliphatic carbocycles. The number of aromatic nitrogens is 2. The van der Waals surface area contributed by atoms with E-state index in [0.29, 0.717) is 18.7 Å². The van der Waals surface area contributed by atoms with Crippen LogP contribution in [0.5, 0.6) is 5.75 Å². The Morgan fingerprint density at radius 1 is 1.30 bits per heavy atom. The van der Waals surface area contributed by atoms with Gasteiger partial charge < -0.3 is 19.0 Å². The van der Waals surface area contributed by atoms with Crippen molar-refractivity contribution in [3.8, 4) is 5.75 Å². The molecule has 1 amide bonds. The molecule has 0 aromatic carbocycles. The first-order chi connectivity index (χ1) is 12.9. The summed E-state index contributed by atoms with van der Waals surface area (Å²) in [6, 6.07) is 5.70. The van der Waals surface area contributed by atoms with Gasteiger partial charge >= 0.3 is 0 Å². The zero-order valence-corrected chi connectivity index (χ0v) is 16.4. The summed E-state index contributed by atoms with van der Waals surface area (Å²) in [6.45, 7) is 8.80. The van der Waals surface area contributed by atoms with Crippen molar-refractivity contribution in [1.82, 2.24) is 14.9 Å². The highest BCUT2D eigenvalue weighted by atomic mass is 16.5. The van der Waals surface area contributed by atoms with Crippen molar-refractivity contribution in [1.29, 1.82) is 0 Å². The number of hydrogen-bond donors (Lipinski definition) is 1. The Hall–Kier alpha value is -3.02. The summed E-state index contributed by atoms with van der Waals surface area (Å²) in [7, 11) is 1.64. The summed E-state index contributed by atoms with van der Waals surface area (Å²) in [5.41, 5.74) is 5.31. The van der Waals surface area contributed by atoms with E-state index in [2.05, 4.69) is 14.9 Å². The maximum Gasteiger partial charge on any atom is 0.253 e. The van der Waals surface area contributed by atoms with Crippen LogP contribution in [0.1, 0.15) is 44.3 Å². The maximum absolute atomic E-state index is 12.7. The molecule has 3 aromatic rings. The van der Waals surface area contributed by atoms with Gasteiger partial charge in [0, 0.05) is 28.7 Å². The summed E-state index contributed by atoms with van der Waals surface area (Å²) in [4.78, 5) is 17.2. The number of nitrogens with one attached hydrogen (secondary N) is 1. The molecule has 0 aliphatic heterocycles. The molecular weight excluding hydrogens is 342 g/mol. The van der Waals surface area contributed by atoms with Crippen molar-refractivity contribution in [3.63, 3.8) is 0 Å². The topological polar surface area (TPSA) is 69.3 Å². The lowest BCUT2D eigenvalue weighted by Gasteiger charge is -2.13. The fourth-order valence-corrected chi connectivity index (χ4v) is 3.34. The third kappa shape index (κ3) is 3.74. The van der Waals surface area contributed by atoms with Crippen molar-refractivity contribution in [3.05, 3.63) is 70.2 Å². The van der Waals surface area contributed by atoms with Crippen LogP contribution in [0.4, 0.5) is 0 Å². The van der Waals surface area contributed by atoms with Gasteiger partial charge in [-0.05, 0) is 45.9 Å². The Morgan fingerprint density at radius 3 is 2.74 bits per heavy atom. The quantitative estimate of drug-likeness (QED) is 0.721. The molecule has 0 atom stereocenters. The molecule has 0 saturated carbocycles. The summed E-state index contributed by atoms with van der Waals surface area (Å²) in [5, 5.41) is 2.97. The van der Waals surface area contributed by atoms with Gasteiger partial charge in [-0.25, -0.2) is 0 Å². The van der Waals surface area contributed by atoms with Gasteiger partial charge in [0.2, 0.25) is 0 Å². The highest BCUT2D eigenvalue weighted by Gasteiger charge is 2.17. The van der Waals surface area contributed by atoms with Crippen LogP contribution in [0.25, 0.3) is 0 Å². The normalized spacial score (nSPS) is 10.9. The smallest absolute Gasteiger partial charge is 0.253 e. The minimum atomic E-state index is -0.116. The molecule has 0 radical (unpaired) electrons. The van der Waals surface area contributed by atoms with Crippen molar-refractivity contribution in [2.75, 3.05) is 7.11 Å². The van der Waals surface area contributed by atoms with Crippen LogP contribution in [-0.2, 0) is 13.1 Å². The second-order valence-electron chi connectivity index (χ2n) is 6.68. The lowest BCUT2D eigenvalue weighted by atomic mass is 10.1. The van der Waals surface area contributed by atoms with Crippen LogP contribution >= 0.6 is 0 Å². The zero-order valence-electron chi connectivity index (χ0n) is 16.4.